The second-order valence-electron chi connectivity index (χ2n) is 8.33. The summed E-state index contributed by atoms with van der Waals surface area (Å²) in [6.07, 6.45) is 0. The first kappa shape index (κ1) is 22.3. The Morgan fingerprint density at radius 2 is 1.12 bits per heavy atom. The molecule has 3 nitrogen and oxygen atoms in total. The molecular weight excluding hydrogens is 455 g/mol. The summed E-state index contributed by atoms with van der Waals surface area (Å²) in [6.45, 7) is 2.03. The molecule has 0 spiro atoms. The summed E-state index contributed by atoms with van der Waals surface area (Å²) < 4.78 is 0. The predicted octanol–water partition coefficient (Wildman–Crippen LogP) is 4.39. The molecule has 168 valence electrons. The average Bonchev–Trinajstić information content (AvgIpc) is 2.88. The number of H-pyrrole nitrogens is 1. The minimum atomic E-state index is -3.00. The standard InChI is InChI=1S/C29H25N2OPS/c1-21-17-19-22(20-18-21)27-30-28(32)26(29(34)31-27)33(23-11-5-2-6-12-23,24-13-7-3-8-14-24)25-15-9-4-10-16-25/h2-20,33H,1H3,(H2,30,31,32,34). The molecule has 5 aromatic rings. The van der Waals surface area contributed by atoms with Crippen molar-refractivity contribution in [2.45, 2.75) is 11.9 Å². The van der Waals surface area contributed by atoms with Crippen molar-refractivity contribution in [3.8, 4) is 11.4 Å². The number of aromatic amines is 1. The third-order valence-corrected chi connectivity index (χ3v) is 11.6. The molecule has 0 radical (unpaired) electrons. The molecule has 0 atom stereocenters. The van der Waals surface area contributed by atoms with Gasteiger partial charge in [0.25, 0.3) is 0 Å². The zero-order chi connectivity index (χ0) is 23.5. The van der Waals surface area contributed by atoms with Crippen molar-refractivity contribution in [3.05, 3.63) is 131 Å². The van der Waals surface area contributed by atoms with E-state index in [9.17, 15) is 4.79 Å². The molecule has 1 heterocycles. The van der Waals surface area contributed by atoms with Gasteiger partial charge in [0, 0.05) is 0 Å². The second-order valence-corrected chi connectivity index (χ2v) is 12.5. The third-order valence-electron chi connectivity index (χ3n) is 6.22. The van der Waals surface area contributed by atoms with Gasteiger partial charge in [0.1, 0.15) is 0 Å². The van der Waals surface area contributed by atoms with Crippen LogP contribution in [-0.4, -0.2) is 9.97 Å². The molecule has 0 aliphatic rings. The summed E-state index contributed by atoms with van der Waals surface area (Å²) in [4.78, 5) is 21.9. The van der Waals surface area contributed by atoms with Crippen LogP contribution in [0.2, 0.25) is 0 Å². The first-order valence-electron chi connectivity index (χ1n) is 11.2. The van der Waals surface area contributed by atoms with Gasteiger partial charge in [-0.15, -0.1) is 0 Å². The molecule has 0 bridgehead atoms. The fourth-order valence-electron chi connectivity index (χ4n) is 4.64. The van der Waals surface area contributed by atoms with Crippen molar-refractivity contribution in [2.75, 3.05) is 0 Å². The molecule has 0 amide bonds. The molecular formula is C29H25N2OPS. The Balaban J connectivity index is 1.87. The number of nitrogens with zero attached hydrogens (tertiary/aromatic N) is 1. The molecule has 4 aromatic carbocycles. The molecule has 5 heteroatoms. The average molecular weight is 481 g/mol. The van der Waals surface area contributed by atoms with Crippen LogP contribution in [0.5, 0.6) is 0 Å². The van der Waals surface area contributed by atoms with Gasteiger partial charge >= 0.3 is 206 Å². The molecule has 34 heavy (non-hydrogen) atoms. The summed E-state index contributed by atoms with van der Waals surface area (Å²) >= 11 is 4.86. The quantitative estimate of drug-likeness (QED) is 0.223. The molecule has 0 saturated carbocycles. The van der Waals surface area contributed by atoms with E-state index >= 15 is 0 Å². The van der Waals surface area contributed by atoms with Crippen molar-refractivity contribution in [3.63, 3.8) is 0 Å². The van der Waals surface area contributed by atoms with Crippen LogP contribution in [0.3, 0.4) is 0 Å². The molecule has 0 fully saturated rings. The van der Waals surface area contributed by atoms with Crippen LogP contribution in [0.25, 0.3) is 11.4 Å². The van der Waals surface area contributed by atoms with E-state index in [1.54, 1.807) is 0 Å². The van der Waals surface area contributed by atoms with Crippen LogP contribution in [0.1, 0.15) is 5.56 Å². The normalized spacial score (nSPS) is 11.8. The first-order chi connectivity index (χ1) is 16.6. The van der Waals surface area contributed by atoms with Crippen LogP contribution in [0.4, 0.5) is 0 Å². The van der Waals surface area contributed by atoms with Crippen LogP contribution in [0, 0.1) is 6.92 Å². The van der Waals surface area contributed by atoms with Gasteiger partial charge in [-0.05, 0) is 0 Å². The van der Waals surface area contributed by atoms with Crippen molar-refractivity contribution >= 4 is 41.1 Å². The van der Waals surface area contributed by atoms with Crippen molar-refractivity contribution < 1.29 is 0 Å². The molecule has 1 N–H and O–H groups in total. The van der Waals surface area contributed by atoms with E-state index in [1.807, 2.05) is 85.8 Å². The third kappa shape index (κ3) is 3.90. The molecule has 0 aliphatic carbocycles. The molecule has 1 aromatic heterocycles. The number of aromatic nitrogens is 2. The second kappa shape index (κ2) is 9.42. The molecule has 0 aliphatic heterocycles. The van der Waals surface area contributed by atoms with Gasteiger partial charge in [0.05, 0.1) is 0 Å². The van der Waals surface area contributed by atoms with E-state index in [1.165, 1.54) is 0 Å². The van der Waals surface area contributed by atoms with E-state index in [0.29, 0.717) is 16.2 Å². The Bertz CT molecular complexity index is 1370. The van der Waals surface area contributed by atoms with Gasteiger partial charge in [-0.1, -0.05) is 0 Å². The van der Waals surface area contributed by atoms with E-state index < -0.39 is 7.26 Å². The number of thiol groups is 1. The number of aryl methyl sites for hydroxylation is 1. The topological polar surface area (TPSA) is 45.8 Å². The number of nitrogens with one attached hydrogen (secondary N) is 1. The van der Waals surface area contributed by atoms with Crippen molar-refractivity contribution in [1.29, 1.82) is 0 Å². The first-order valence-corrected chi connectivity index (χ1v) is 13.6. The Kier molecular flexibility index (Phi) is 6.19. The van der Waals surface area contributed by atoms with Crippen LogP contribution in [-0.2, 0) is 0 Å². The van der Waals surface area contributed by atoms with Gasteiger partial charge in [0.15, 0.2) is 0 Å². The van der Waals surface area contributed by atoms with Gasteiger partial charge in [0.2, 0.25) is 0 Å². The summed E-state index contributed by atoms with van der Waals surface area (Å²) in [5, 5.41) is 4.42. The Morgan fingerprint density at radius 3 is 1.53 bits per heavy atom. The van der Waals surface area contributed by atoms with Gasteiger partial charge in [-0.2, -0.15) is 0 Å². The van der Waals surface area contributed by atoms with Crippen molar-refractivity contribution in [2.24, 2.45) is 0 Å². The zero-order valence-corrected chi connectivity index (χ0v) is 20.7. The Hall–Kier alpha value is -3.46. The number of benzene rings is 4. The number of hydrogen-bond donors (Lipinski definition) is 2. The molecule has 5 rings (SSSR count). The van der Waals surface area contributed by atoms with Crippen LogP contribution in [0.15, 0.2) is 125 Å². The molecule has 0 saturated heterocycles. The Morgan fingerprint density at radius 1 is 0.676 bits per heavy atom. The minimum absolute atomic E-state index is 0.154. The SMILES string of the molecule is Cc1ccc(-c2nc(S)c([PH](c3ccccc3)(c3ccccc3)c3ccccc3)c(=O)[nH]2)cc1. The summed E-state index contributed by atoms with van der Waals surface area (Å²) in [6, 6.07) is 38.9. The zero-order valence-electron chi connectivity index (χ0n) is 18.8. The predicted molar refractivity (Wildman–Crippen MR) is 148 cm³/mol. The fourth-order valence-corrected chi connectivity index (χ4v) is 10.1. The summed E-state index contributed by atoms with van der Waals surface area (Å²) in [5.74, 6) is 0.524. The van der Waals surface area contributed by atoms with Crippen LogP contribution < -0.4 is 26.8 Å². The van der Waals surface area contributed by atoms with Gasteiger partial charge in [-0.3, -0.25) is 0 Å². The fraction of sp³-hybridized carbons (Fsp3) is 0.0345. The van der Waals surface area contributed by atoms with Gasteiger partial charge in [-0.25, -0.2) is 0 Å². The molecule has 0 unspecified atom stereocenters. The number of hydrogen-bond acceptors (Lipinski definition) is 3. The number of rotatable bonds is 5. The van der Waals surface area contributed by atoms with Crippen molar-refractivity contribution in [1.82, 2.24) is 9.97 Å². The van der Waals surface area contributed by atoms with E-state index in [4.69, 9.17) is 17.6 Å². The maximum atomic E-state index is 14.0. The maximum absolute atomic E-state index is 14.0. The van der Waals surface area contributed by atoms with E-state index in [0.717, 1.165) is 27.0 Å². The summed E-state index contributed by atoms with van der Waals surface area (Å²) in [7, 11) is -3.00. The van der Waals surface area contributed by atoms with Gasteiger partial charge < -0.3 is 0 Å². The summed E-state index contributed by atoms with van der Waals surface area (Å²) in [5.41, 5.74) is 1.85. The van der Waals surface area contributed by atoms with E-state index in [-0.39, 0.29) is 5.56 Å². The van der Waals surface area contributed by atoms with Crippen LogP contribution >= 0.6 is 19.9 Å². The van der Waals surface area contributed by atoms with E-state index in [2.05, 4.69) is 41.4 Å². The monoisotopic (exact) mass is 480 g/mol. The Labute approximate surface area is 205 Å².